The van der Waals surface area contributed by atoms with Crippen molar-refractivity contribution in [2.45, 2.75) is 52.1 Å². The van der Waals surface area contributed by atoms with Gasteiger partial charge >= 0.3 is 5.97 Å². The molecule has 1 unspecified atom stereocenters. The Labute approximate surface area is 108 Å². The van der Waals surface area contributed by atoms with Crippen molar-refractivity contribution >= 4 is 5.97 Å². The second-order valence-corrected chi connectivity index (χ2v) is 5.02. The van der Waals surface area contributed by atoms with Gasteiger partial charge in [0.1, 0.15) is 11.4 Å². The lowest BCUT2D eigenvalue weighted by molar-refractivity contribution is -0.149. The van der Waals surface area contributed by atoms with Gasteiger partial charge in [0.2, 0.25) is 0 Å². The molecule has 0 radical (unpaired) electrons. The molecule has 2 N–H and O–H groups in total. The Kier molecular flexibility index (Phi) is 4.90. The van der Waals surface area contributed by atoms with Crippen LogP contribution in [0.25, 0.3) is 0 Å². The minimum atomic E-state index is -0.950. The van der Waals surface area contributed by atoms with Crippen LogP contribution in [0.4, 0.5) is 0 Å². The van der Waals surface area contributed by atoms with Crippen LogP contribution < -0.4 is 5.73 Å². The summed E-state index contributed by atoms with van der Waals surface area (Å²) in [6, 6.07) is 0. The molecule has 0 bridgehead atoms. The SMILES string of the molecule is CCOC(=O)C(C)(N)CCn1ccnc1C(C)C. The van der Waals surface area contributed by atoms with Crippen molar-refractivity contribution < 1.29 is 9.53 Å². The first-order valence-electron chi connectivity index (χ1n) is 6.35. The van der Waals surface area contributed by atoms with Gasteiger partial charge in [-0.3, -0.25) is 4.79 Å². The minimum absolute atomic E-state index is 0.351. The number of carbonyl (C=O) groups is 1. The molecule has 0 saturated heterocycles. The van der Waals surface area contributed by atoms with E-state index in [2.05, 4.69) is 18.8 Å². The van der Waals surface area contributed by atoms with Crippen LogP contribution in [0, 0.1) is 0 Å². The number of imidazole rings is 1. The van der Waals surface area contributed by atoms with Gasteiger partial charge in [-0.2, -0.15) is 0 Å². The summed E-state index contributed by atoms with van der Waals surface area (Å²) in [7, 11) is 0. The number of hydrogen-bond acceptors (Lipinski definition) is 4. The Hall–Kier alpha value is -1.36. The maximum atomic E-state index is 11.7. The van der Waals surface area contributed by atoms with Gasteiger partial charge in [-0.25, -0.2) is 4.98 Å². The number of aryl methyl sites for hydroxylation is 1. The number of nitrogens with zero attached hydrogens (tertiary/aromatic N) is 2. The number of ether oxygens (including phenoxy) is 1. The lowest BCUT2D eigenvalue weighted by Crippen LogP contribution is -2.46. The number of aromatic nitrogens is 2. The van der Waals surface area contributed by atoms with Crippen LogP contribution in [0.5, 0.6) is 0 Å². The van der Waals surface area contributed by atoms with E-state index in [1.54, 1.807) is 20.0 Å². The lowest BCUT2D eigenvalue weighted by Gasteiger charge is -2.23. The molecule has 18 heavy (non-hydrogen) atoms. The normalized spacial score (nSPS) is 14.6. The highest BCUT2D eigenvalue weighted by atomic mass is 16.5. The van der Waals surface area contributed by atoms with E-state index in [1.807, 2.05) is 10.8 Å². The third-order valence-electron chi connectivity index (χ3n) is 2.88. The summed E-state index contributed by atoms with van der Waals surface area (Å²) < 4.78 is 7.00. The number of esters is 1. The summed E-state index contributed by atoms with van der Waals surface area (Å²) in [6.07, 6.45) is 4.21. The zero-order valence-corrected chi connectivity index (χ0v) is 11.6. The van der Waals surface area contributed by atoms with Crippen molar-refractivity contribution in [3.8, 4) is 0 Å². The number of rotatable bonds is 6. The van der Waals surface area contributed by atoms with Crippen molar-refractivity contribution in [1.29, 1.82) is 0 Å². The summed E-state index contributed by atoms with van der Waals surface area (Å²) in [5.74, 6) is 1.01. The summed E-state index contributed by atoms with van der Waals surface area (Å²) in [5.41, 5.74) is 5.03. The predicted octanol–water partition coefficient (Wildman–Crippen LogP) is 1.68. The Bertz CT molecular complexity index is 397. The first-order valence-corrected chi connectivity index (χ1v) is 6.35. The maximum absolute atomic E-state index is 11.7. The topological polar surface area (TPSA) is 70.1 Å². The maximum Gasteiger partial charge on any atom is 0.325 e. The summed E-state index contributed by atoms with van der Waals surface area (Å²) in [6.45, 7) is 8.68. The number of nitrogens with two attached hydrogens (primary N) is 1. The second-order valence-electron chi connectivity index (χ2n) is 5.02. The summed E-state index contributed by atoms with van der Waals surface area (Å²) in [5, 5.41) is 0. The lowest BCUT2D eigenvalue weighted by atomic mass is 9.99. The third kappa shape index (κ3) is 3.57. The van der Waals surface area contributed by atoms with Crippen LogP contribution in [-0.2, 0) is 16.1 Å². The monoisotopic (exact) mass is 253 g/mol. The molecule has 1 rings (SSSR count). The number of hydrogen-bond donors (Lipinski definition) is 1. The van der Waals surface area contributed by atoms with Crippen molar-refractivity contribution in [3.63, 3.8) is 0 Å². The van der Waals surface area contributed by atoms with E-state index in [0.717, 1.165) is 5.82 Å². The molecule has 1 heterocycles. The number of carbonyl (C=O) groups excluding carboxylic acids is 1. The smallest absolute Gasteiger partial charge is 0.325 e. The molecule has 5 nitrogen and oxygen atoms in total. The Morgan fingerprint density at radius 1 is 1.61 bits per heavy atom. The Balaban J connectivity index is 2.64. The molecule has 0 spiro atoms. The molecule has 0 aliphatic carbocycles. The molecule has 1 aromatic heterocycles. The highest BCUT2D eigenvalue weighted by Crippen LogP contribution is 2.15. The third-order valence-corrected chi connectivity index (χ3v) is 2.88. The molecule has 1 aromatic rings. The second kappa shape index (κ2) is 6.00. The average Bonchev–Trinajstić information content (AvgIpc) is 2.75. The quantitative estimate of drug-likeness (QED) is 0.783. The van der Waals surface area contributed by atoms with Crippen LogP contribution in [0.1, 0.15) is 45.9 Å². The molecular weight excluding hydrogens is 230 g/mol. The molecule has 0 fully saturated rings. The zero-order chi connectivity index (χ0) is 13.8. The van der Waals surface area contributed by atoms with E-state index in [4.69, 9.17) is 10.5 Å². The van der Waals surface area contributed by atoms with Gasteiger partial charge in [-0.1, -0.05) is 13.8 Å². The molecule has 1 atom stereocenters. The molecule has 0 amide bonds. The summed E-state index contributed by atoms with van der Waals surface area (Å²) >= 11 is 0. The van der Waals surface area contributed by atoms with E-state index in [9.17, 15) is 4.79 Å². The fraction of sp³-hybridized carbons (Fsp3) is 0.692. The van der Waals surface area contributed by atoms with Gasteiger partial charge in [0, 0.05) is 24.9 Å². The van der Waals surface area contributed by atoms with E-state index in [-0.39, 0.29) is 5.97 Å². The van der Waals surface area contributed by atoms with Crippen LogP contribution in [0.15, 0.2) is 12.4 Å². The van der Waals surface area contributed by atoms with Gasteiger partial charge in [-0.15, -0.1) is 0 Å². The first kappa shape index (κ1) is 14.7. The van der Waals surface area contributed by atoms with Gasteiger partial charge in [-0.05, 0) is 20.3 Å². The molecule has 0 saturated carbocycles. The fourth-order valence-corrected chi connectivity index (χ4v) is 1.76. The van der Waals surface area contributed by atoms with Crippen molar-refractivity contribution in [1.82, 2.24) is 9.55 Å². The van der Waals surface area contributed by atoms with E-state index < -0.39 is 5.54 Å². The van der Waals surface area contributed by atoms with Crippen molar-refractivity contribution in [2.24, 2.45) is 5.73 Å². The Morgan fingerprint density at radius 2 is 2.28 bits per heavy atom. The standard InChI is InChI=1S/C13H23N3O2/c1-5-18-12(17)13(4,14)6-8-16-9-7-15-11(16)10(2)3/h7,9-10H,5-6,8,14H2,1-4H3. The highest BCUT2D eigenvalue weighted by molar-refractivity contribution is 5.79. The molecule has 102 valence electrons. The van der Waals surface area contributed by atoms with Crippen LogP contribution in [0.3, 0.4) is 0 Å². The van der Waals surface area contributed by atoms with Gasteiger partial charge in [0.15, 0.2) is 0 Å². The van der Waals surface area contributed by atoms with Gasteiger partial charge < -0.3 is 15.0 Å². The molecule has 0 aliphatic heterocycles. The molecular formula is C13H23N3O2. The van der Waals surface area contributed by atoms with E-state index in [0.29, 0.717) is 25.5 Å². The largest absolute Gasteiger partial charge is 0.465 e. The Morgan fingerprint density at radius 3 is 2.83 bits per heavy atom. The molecule has 5 heteroatoms. The predicted molar refractivity (Wildman–Crippen MR) is 70.2 cm³/mol. The zero-order valence-electron chi connectivity index (χ0n) is 11.6. The fourth-order valence-electron chi connectivity index (χ4n) is 1.76. The average molecular weight is 253 g/mol. The molecule has 0 aliphatic rings. The van der Waals surface area contributed by atoms with Crippen LogP contribution >= 0.6 is 0 Å². The first-order chi connectivity index (χ1) is 8.38. The van der Waals surface area contributed by atoms with Gasteiger partial charge in [0.25, 0.3) is 0 Å². The van der Waals surface area contributed by atoms with Crippen LogP contribution in [0.2, 0.25) is 0 Å². The van der Waals surface area contributed by atoms with E-state index in [1.165, 1.54) is 0 Å². The van der Waals surface area contributed by atoms with Crippen molar-refractivity contribution in [2.75, 3.05) is 6.61 Å². The summed E-state index contributed by atoms with van der Waals surface area (Å²) in [4.78, 5) is 16.0. The van der Waals surface area contributed by atoms with Gasteiger partial charge in [0.05, 0.1) is 6.61 Å². The molecule has 0 aromatic carbocycles. The minimum Gasteiger partial charge on any atom is -0.465 e. The van der Waals surface area contributed by atoms with Crippen LogP contribution in [-0.4, -0.2) is 27.7 Å². The highest BCUT2D eigenvalue weighted by Gasteiger charge is 2.29. The van der Waals surface area contributed by atoms with Crippen molar-refractivity contribution in [3.05, 3.63) is 18.2 Å². The van der Waals surface area contributed by atoms with E-state index >= 15 is 0 Å².